The van der Waals surface area contributed by atoms with Crippen molar-refractivity contribution in [1.29, 1.82) is 0 Å². The molecule has 1 aliphatic carbocycles. The first-order valence-corrected chi connectivity index (χ1v) is 6.13. The van der Waals surface area contributed by atoms with E-state index in [1.165, 1.54) is 19.1 Å². The lowest BCUT2D eigenvalue weighted by atomic mass is 10.1. The number of anilines is 2. The van der Waals surface area contributed by atoms with Crippen molar-refractivity contribution in [2.45, 2.75) is 31.9 Å². The summed E-state index contributed by atoms with van der Waals surface area (Å²) in [5.41, 5.74) is 12.1. The highest BCUT2D eigenvalue weighted by Crippen LogP contribution is 2.20. The van der Waals surface area contributed by atoms with Crippen LogP contribution in [0.15, 0.2) is 18.2 Å². The Morgan fingerprint density at radius 1 is 1.37 bits per heavy atom. The average molecular weight is 263 g/mol. The maximum Gasteiger partial charge on any atom is 0.341 e. The maximum atomic E-state index is 11.9. The molecule has 0 bridgehead atoms. The molecule has 1 unspecified atom stereocenters. The number of nitrogen functional groups attached to an aromatic ring is 2. The second-order valence-corrected chi connectivity index (χ2v) is 4.68. The summed E-state index contributed by atoms with van der Waals surface area (Å²) in [7, 11) is 0. The van der Waals surface area contributed by atoms with E-state index in [0.29, 0.717) is 5.69 Å². The van der Waals surface area contributed by atoms with Gasteiger partial charge in [-0.2, -0.15) is 0 Å². The van der Waals surface area contributed by atoms with Crippen molar-refractivity contribution >= 4 is 23.3 Å². The predicted octanol–water partition coefficient (Wildman–Crippen LogP) is 0.675. The van der Waals surface area contributed by atoms with E-state index in [0.717, 1.165) is 12.8 Å². The molecular weight excluding hydrogens is 246 g/mol. The van der Waals surface area contributed by atoms with Crippen molar-refractivity contribution in [3.63, 3.8) is 0 Å². The Morgan fingerprint density at radius 3 is 2.63 bits per heavy atom. The predicted molar refractivity (Wildman–Crippen MR) is 71.3 cm³/mol. The highest BCUT2D eigenvalue weighted by molar-refractivity contribution is 5.97. The van der Waals surface area contributed by atoms with Crippen molar-refractivity contribution in [1.82, 2.24) is 5.32 Å². The molecule has 1 aliphatic rings. The Labute approximate surface area is 111 Å². The van der Waals surface area contributed by atoms with E-state index in [2.05, 4.69) is 5.32 Å². The molecule has 1 aromatic carbocycles. The fraction of sp³-hybridized carbons (Fsp3) is 0.385. The third kappa shape index (κ3) is 3.37. The van der Waals surface area contributed by atoms with Gasteiger partial charge in [0.15, 0.2) is 6.10 Å². The topological polar surface area (TPSA) is 107 Å². The standard InChI is InChI=1S/C13H17N3O3/c1-7(12(17)16-9-3-4-9)19-13(18)10-5-2-8(14)6-11(10)15/h2,5-7,9H,3-4,14-15H2,1H3,(H,16,17). The molecule has 2 rings (SSSR count). The minimum atomic E-state index is -0.843. The third-order valence-corrected chi connectivity index (χ3v) is 2.87. The lowest BCUT2D eigenvalue weighted by Crippen LogP contribution is -2.37. The van der Waals surface area contributed by atoms with Crippen molar-refractivity contribution < 1.29 is 14.3 Å². The SMILES string of the molecule is CC(OC(=O)c1ccc(N)cc1N)C(=O)NC1CC1. The molecule has 0 aliphatic heterocycles. The summed E-state index contributed by atoms with van der Waals surface area (Å²) in [6.45, 7) is 1.53. The van der Waals surface area contributed by atoms with Crippen LogP contribution >= 0.6 is 0 Å². The van der Waals surface area contributed by atoms with Crippen molar-refractivity contribution in [2.75, 3.05) is 11.5 Å². The summed E-state index contributed by atoms with van der Waals surface area (Å²) < 4.78 is 5.08. The van der Waals surface area contributed by atoms with Gasteiger partial charge in [-0.15, -0.1) is 0 Å². The van der Waals surface area contributed by atoms with Gasteiger partial charge in [0.1, 0.15) is 0 Å². The highest BCUT2D eigenvalue weighted by atomic mass is 16.5. The zero-order chi connectivity index (χ0) is 14.0. The molecule has 0 heterocycles. The van der Waals surface area contributed by atoms with Gasteiger partial charge in [-0.05, 0) is 38.0 Å². The monoisotopic (exact) mass is 263 g/mol. The summed E-state index contributed by atoms with van der Waals surface area (Å²) in [6, 6.07) is 4.75. The maximum absolute atomic E-state index is 11.9. The second-order valence-electron chi connectivity index (χ2n) is 4.68. The number of nitrogens with two attached hydrogens (primary N) is 2. The minimum Gasteiger partial charge on any atom is -0.449 e. The number of benzene rings is 1. The number of hydrogen-bond acceptors (Lipinski definition) is 5. The quantitative estimate of drug-likeness (QED) is 0.546. The van der Waals surface area contributed by atoms with E-state index in [9.17, 15) is 9.59 Å². The molecule has 1 aromatic rings. The minimum absolute atomic E-state index is 0.209. The molecule has 1 atom stereocenters. The first-order chi connectivity index (χ1) is 8.97. The van der Waals surface area contributed by atoms with Crippen molar-refractivity contribution in [2.24, 2.45) is 0 Å². The van der Waals surface area contributed by atoms with Crippen LogP contribution in [0.1, 0.15) is 30.1 Å². The van der Waals surface area contributed by atoms with E-state index >= 15 is 0 Å². The number of ether oxygens (including phenoxy) is 1. The van der Waals surface area contributed by atoms with Crippen molar-refractivity contribution in [3.05, 3.63) is 23.8 Å². The van der Waals surface area contributed by atoms with Crippen LogP contribution in [0.4, 0.5) is 11.4 Å². The summed E-state index contributed by atoms with van der Waals surface area (Å²) >= 11 is 0. The Kier molecular flexibility index (Phi) is 3.59. The molecule has 0 saturated heterocycles. The van der Waals surface area contributed by atoms with Crippen LogP contribution < -0.4 is 16.8 Å². The molecule has 6 heteroatoms. The lowest BCUT2D eigenvalue weighted by Gasteiger charge is -2.14. The number of carbonyl (C=O) groups is 2. The summed E-state index contributed by atoms with van der Waals surface area (Å²) in [6.07, 6.45) is 1.12. The van der Waals surface area contributed by atoms with E-state index < -0.39 is 12.1 Å². The van der Waals surface area contributed by atoms with Gasteiger partial charge in [-0.3, -0.25) is 4.79 Å². The van der Waals surface area contributed by atoms with Gasteiger partial charge in [0.25, 0.3) is 5.91 Å². The van der Waals surface area contributed by atoms with Crippen LogP contribution in [0, 0.1) is 0 Å². The van der Waals surface area contributed by atoms with Gasteiger partial charge >= 0.3 is 5.97 Å². The van der Waals surface area contributed by atoms with Crippen LogP contribution in [0.5, 0.6) is 0 Å². The molecule has 102 valence electrons. The van der Waals surface area contributed by atoms with Crippen molar-refractivity contribution in [3.8, 4) is 0 Å². The van der Waals surface area contributed by atoms with E-state index in [4.69, 9.17) is 16.2 Å². The second kappa shape index (κ2) is 5.17. The molecule has 1 amide bonds. The Hall–Kier alpha value is -2.24. The number of esters is 1. The van der Waals surface area contributed by atoms with Crippen LogP contribution in [0.3, 0.4) is 0 Å². The molecule has 0 aromatic heterocycles. The molecule has 19 heavy (non-hydrogen) atoms. The van der Waals surface area contributed by atoms with Gasteiger partial charge in [0, 0.05) is 17.4 Å². The van der Waals surface area contributed by atoms with Crippen LogP contribution in [-0.2, 0) is 9.53 Å². The normalized spacial score (nSPS) is 15.6. The van der Waals surface area contributed by atoms with E-state index in [1.54, 1.807) is 6.07 Å². The first kappa shape index (κ1) is 13.2. The number of hydrogen-bond donors (Lipinski definition) is 3. The zero-order valence-electron chi connectivity index (χ0n) is 10.7. The third-order valence-electron chi connectivity index (χ3n) is 2.87. The number of carbonyl (C=O) groups excluding carboxylic acids is 2. The fourth-order valence-electron chi connectivity index (χ4n) is 1.59. The van der Waals surface area contributed by atoms with E-state index in [-0.39, 0.29) is 23.2 Å². The van der Waals surface area contributed by atoms with Gasteiger partial charge in [-0.1, -0.05) is 0 Å². The molecule has 0 radical (unpaired) electrons. The summed E-state index contributed by atoms with van der Waals surface area (Å²) in [4.78, 5) is 23.5. The molecular formula is C13H17N3O3. The highest BCUT2D eigenvalue weighted by Gasteiger charge is 2.27. The van der Waals surface area contributed by atoms with E-state index in [1.807, 2.05) is 0 Å². The summed E-state index contributed by atoms with van der Waals surface area (Å²) in [5, 5.41) is 2.77. The molecule has 6 nitrogen and oxygen atoms in total. The van der Waals surface area contributed by atoms with Gasteiger partial charge < -0.3 is 21.5 Å². The largest absolute Gasteiger partial charge is 0.449 e. The van der Waals surface area contributed by atoms with Gasteiger partial charge in [0.05, 0.1) is 5.56 Å². The number of amides is 1. The number of rotatable bonds is 4. The van der Waals surface area contributed by atoms with Gasteiger partial charge in [-0.25, -0.2) is 4.79 Å². The molecule has 5 N–H and O–H groups in total. The summed E-state index contributed by atoms with van der Waals surface area (Å²) in [5.74, 6) is -0.916. The van der Waals surface area contributed by atoms with Crippen LogP contribution in [0.2, 0.25) is 0 Å². The van der Waals surface area contributed by atoms with Crippen LogP contribution in [0.25, 0.3) is 0 Å². The lowest BCUT2D eigenvalue weighted by molar-refractivity contribution is -0.129. The number of nitrogens with one attached hydrogen (secondary N) is 1. The van der Waals surface area contributed by atoms with Crippen LogP contribution in [-0.4, -0.2) is 24.0 Å². The molecule has 0 spiro atoms. The Balaban J connectivity index is 1.97. The Morgan fingerprint density at radius 2 is 2.05 bits per heavy atom. The first-order valence-electron chi connectivity index (χ1n) is 6.13. The Bertz CT molecular complexity index is 512. The average Bonchev–Trinajstić information content (AvgIpc) is 3.12. The van der Waals surface area contributed by atoms with Gasteiger partial charge in [0.2, 0.25) is 0 Å². The molecule has 1 saturated carbocycles. The fourth-order valence-corrected chi connectivity index (χ4v) is 1.59. The smallest absolute Gasteiger partial charge is 0.341 e. The molecule has 1 fully saturated rings. The zero-order valence-corrected chi connectivity index (χ0v) is 10.7.